The van der Waals surface area contributed by atoms with Crippen molar-refractivity contribution in [1.82, 2.24) is 14.9 Å². The Kier molecular flexibility index (Phi) is 3.62. The molecule has 0 radical (unpaired) electrons. The average molecular weight is 244 g/mol. The zero-order valence-corrected chi connectivity index (χ0v) is 10.3. The number of benzene rings is 1. The molecule has 3 N–H and O–H groups in total. The first-order valence-corrected chi connectivity index (χ1v) is 5.74. The number of rotatable bonds is 4. The van der Waals surface area contributed by atoms with Crippen molar-refractivity contribution in [3.63, 3.8) is 0 Å². The minimum Gasteiger partial charge on any atom is -0.399 e. The van der Waals surface area contributed by atoms with Crippen molar-refractivity contribution in [2.75, 3.05) is 12.8 Å². The van der Waals surface area contributed by atoms with Crippen LogP contribution in [0.2, 0.25) is 0 Å². The first-order valence-electron chi connectivity index (χ1n) is 5.74. The molecular weight excluding hydrogens is 228 g/mol. The number of amides is 1. The van der Waals surface area contributed by atoms with Gasteiger partial charge in [0.25, 0.3) is 0 Å². The highest BCUT2D eigenvalue weighted by molar-refractivity contribution is 5.75. The third-order valence-electron chi connectivity index (χ3n) is 2.74. The largest absolute Gasteiger partial charge is 0.399 e. The number of nitrogen functional groups attached to an aromatic ring is 1. The quantitative estimate of drug-likeness (QED) is 0.781. The zero-order chi connectivity index (χ0) is 13.0. The monoisotopic (exact) mass is 244 g/mol. The molecule has 0 aliphatic carbocycles. The maximum atomic E-state index is 11.4. The van der Waals surface area contributed by atoms with Gasteiger partial charge >= 0.3 is 0 Å². The Labute approximate surface area is 106 Å². The molecule has 5 heteroatoms. The number of carbonyl (C=O) groups is 1. The molecule has 0 aliphatic rings. The summed E-state index contributed by atoms with van der Waals surface area (Å²) in [6.07, 6.45) is 4.20. The second-order valence-electron chi connectivity index (χ2n) is 4.06. The van der Waals surface area contributed by atoms with Crippen molar-refractivity contribution in [2.45, 2.75) is 13.0 Å². The van der Waals surface area contributed by atoms with Crippen LogP contribution in [0.4, 0.5) is 5.69 Å². The van der Waals surface area contributed by atoms with Gasteiger partial charge in [-0.2, -0.15) is 0 Å². The Bertz CT molecular complexity index is 530. The van der Waals surface area contributed by atoms with Crippen molar-refractivity contribution < 1.29 is 4.79 Å². The van der Waals surface area contributed by atoms with E-state index in [4.69, 9.17) is 5.73 Å². The first kappa shape index (κ1) is 12.2. The molecule has 0 unspecified atom stereocenters. The molecular formula is C13H16N4O. The smallest absolute Gasteiger partial charge is 0.239 e. The number of hydrogen-bond acceptors (Lipinski definition) is 3. The third-order valence-corrected chi connectivity index (χ3v) is 2.74. The normalized spacial score (nSPS) is 10.3. The molecule has 2 rings (SSSR count). The highest BCUT2D eigenvalue weighted by atomic mass is 16.1. The molecule has 0 bridgehead atoms. The van der Waals surface area contributed by atoms with Gasteiger partial charge in [-0.15, -0.1) is 0 Å². The lowest BCUT2D eigenvalue weighted by molar-refractivity contribution is -0.121. The Morgan fingerprint density at radius 1 is 1.39 bits per heavy atom. The lowest BCUT2D eigenvalue weighted by Gasteiger charge is -2.07. The van der Waals surface area contributed by atoms with Crippen molar-refractivity contribution in [3.05, 3.63) is 48.0 Å². The standard InChI is InChI=1S/C13H16N4O/c1-15-13(18)9-17-7-6-16-12(17)8-10-2-4-11(14)5-3-10/h2-7H,8-9,14H2,1H3,(H,15,18). The minimum atomic E-state index is -0.0356. The van der Waals surface area contributed by atoms with Gasteiger partial charge in [-0.05, 0) is 17.7 Å². The van der Waals surface area contributed by atoms with Crippen LogP contribution in [-0.4, -0.2) is 22.5 Å². The van der Waals surface area contributed by atoms with Crippen LogP contribution in [0.3, 0.4) is 0 Å². The van der Waals surface area contributed by atoms with Gasteiger partial charge < -0.3 is 15.6 Å². The fraction of sp³-hybridized carbons (Fsp3) is 0.231. The van der Waals surface area contributed by atoms with Gasteiger partial charge in [-0.3, -0.25) is 4.79 Å². The summed E-state index contributed by atoms with van der Waals surface area (Å²) in [6, 6.07) is 7.66. The van der Waals surface area contributed by atoms with Crippen molar-refractivity contribution in [3.8, 4) is 0 Å². The molecule has 0 spiro atoms. The lowest BCUT2D eigenvalue weighted by atomic mass is 10.1. The number of nitrogens with two attached hydrogens (primary N) is 1. The number of imidazole rings is 1. The number of hydrogen-bond donors (Lipinski definition) is 2. The van der Waals surface area contributed by atoms with Gasteiger partial charge in [0.05, 0.1) is 0 Å². The number of nitrogens with one attached hydrogen (secondary N) is 1. The van der Waals surface area contributed by atoms with Crippen LogP contribution in [0.25, 0.3) is 0 Å². The van der Waals surface area contributed by atoms with E-state index in [1.165, 1.54) is 0 Å². The lowest BCUT2D eigenvalue weighted by Crippen LogP contribution is -2.24. The molecule has 1 heterocycles. The van der Waals surface area contributed by atoms with Crippen LogP contribution >= 0.6 is 0 Å². The molecule has 0 aliphatic heterocycles. The number of likely N-dealkylation sites (N-methyl/N-ethyl adjacent to an activating group) is 1. The van der Waals surface area contributed by atoms with Crippen LogP contribution in [0, 0.1) is 0 Å². The van der Waals surface area contributed by atoms with E-state index in [1.807, 2.05) is 35.0 Å². The van der Waals surface area contributed by atoms with E-state index in [9.17, 15) is 4.79 Å². The molecule has 5 nitrogen and oxygen atoms in total. The predicted octanol–water partition coefficient (Wildman–Crippen LogP) is 0.802. The van der Waals surface area contributed by atoms with Gasteiger partial charge in [0.2, 0.25) is 5.91 Å². The van der Waals surface area contributed by atoms with Crippen LogP contribution in [-0.2, 0) is 17.8 Å². The Morgan fingerprint density at radius 2 is 2.11 bits per heavy atom. The van der Waals surface area contributed by atoms with Crippen molar-refractivity contribution >= 4 is 11.6 Å². The Balaban J connectivity index is 2.12. The number of carbonyl (C=O) groups excluding carboxylic acids is 1. The molecule has 94 valence electrons. The van der Waals surface area contributed by atoms with Gasteiger partial charge in [0.1, 0.15) is 12.4 Å². The molecule has 2 aromatic rings. The van der Waals surface area contributed by atoms with E-state index in [1.54, 1.807) is 13.2 Å². The summed E-state index contributed by atoms with van der Waals surface area (Å²) in [5, 5.41) is 2.60. The Hall–Kier alpha value is -2.30. The Morgan fingerprint density at radius 3 is 2.78 bits per heavy atom. The molecule has 0 saturated carbocycles. The molecule has 0 atom stereocenters. The van der Waals surface area contributed by atoms with E-state index in [2.05, 4.69) is 10.3 Å². The van der Waals surface area contributed by atoms with Crippen molar-refractivity contribution in [2.24, 2.45) is 0 Å². The fourth-order valence-corrected chi connectivity index (χ4v) is 1.70. The van der Waals surface area contributed by atoms with Gasteiger partial charge in [0.15, 0.2) is 0 Å². The highest BCUT2D eigenvalue weighted by Crippen LogP contribution is 2.10. The van der Waals surface area contributed by atoms with E-state index in [0.29, 0.717) is 13.0 Å². The summed E-state index contributed by atoms with van der Waals surface area (Å²) in [6.45, 7) is 0.292. The summed E-state index contributed by atoms with van der Waals surface area (Å²) in [5.74, 6) is 0.829. The van der Waals surface area contributed by atoms with Gasteiger partial charge in [-0.25, -0.2) is 4.98 Å². The topological polar surface area (TPSA) is 72.9 Å². The van der Waals surface area contributed by atoms with Crippen molar-refractivity contribution in [1.29, 1.82) is 0 Å². The van der Waals surface area contributed by atoms with Crippen LogP contribution in [0.1, 0.15) is 11.4 Å². The average Bonchev–Trinajstić information content (AvgIpc) is 2.79. The predicted molar refractivity (Wildman–Crippen MR) is 70.0 cm³/mol. The van der Waals surface area contributed by atoms with E-state index in [0.717, 1.165) is 17.1 Å². The maximum Gasteiger partial charge on any atom is 0.239 e. The number of nitrogens with zero attached hydrogens (tertiary/aromatic N) is 2. The molecule has 1 aromatic heterocycles. The summed E-state index contributed by atoms with van der Waals surface area (Å²) in [5.41, 5.74) is 7.50. The van der Waals surface area contributed by atoms with Gasteiger partial charge in [0, 0.05) is 31.5 Å². The van der Waals surface area contributed by atoms with E-state index < -0.39 is 0 Å². The molecule has 1 amide bonds. The second kappa shape index (κ2) is 5.35. The third kappa shape index (κ3) is 2.88. The minimum absolute atomic E-state index is 0.0356. The highest BCUT2D eigenvalue weighted by Gasteiger charge is 2.07. The summed E-state index contributed by atoms with van der Waals surface area (Å²) < 4.78 is 1.84. The van der Waals surface area contributed by atoms with Crippen LogP contribution in [0.15, 0.2) is 36.7 Å². The summed E-state index contributed by atoms with van der Waals surface area (Å²) in [7, 11) is 1.62. The SMILES string of the molecule is CNC(=O)Cn1ccnc1Cc1ccc(N)cc1. The number of aromatic nitrogens is 2. The fourth-order valence-electron chi connectivity index (χ4n) is 1.70. The summed E-state index contributed by atoms with van der Waals surface area (Å²) >= 11 is 0. The van der Waals surface area contributed by atoms with E-state index >= 15 is 0 Å². The van der Waals surface area contributed by atoms with E-state index in [-0.39, 0.29) is 5.91 Å². The molecule has 0 fully saturated rings. The molecule has 0 saturated heterocycles. The zero-order valence-electron chi connectivity index (χ0n) is 10.3. The maximum absolute atomic E-state index is 11.4. The number of anilines is 1. The molecule has 1 aromatic carbocycles. The molecule has 18 heavy (non-hydrogen) atoms. The van der Waals surface area contributed by atoms with Crippen LogP contribution < -0.4 is 11.1 Å². The van der Waals surface area contributed by atoms with Crippen LogP contribution in [0.5, 0.6) is 0 Å². The first-order chi connectivity index (χ1) is 8.69. The summed E-state index contributed by atoms with van der Waals surface area (Å²) in [4.78, 5) is 15.6. The van der Waals surface area contributed by atoms with Gasteiger partial charge in [-0.1, -0.05) is 12.1 Å². The second-order valence-corrected chi connectivity index (χ2v) is 4.06.